The Kier molecular flexibility index (Phi) is 8.26. The predicted octanol–water partition coefficient (Wildman–Crippen LogP) is 7.26. The number of allylic oxidation sites excluding steroid dienone is 4. The van der Waals surface area contributed by atoms with E-state index in [0.29, 0.717) is 0 Å². The summed E-state index contributed by atoms with van der Waals surface area (Å²) in [4.78, 5) is 0. The Labute approximate surface area is 139 Å². The summed E-state index contributed by atoms with van der Waals surface area (Å²) in [5, 5.41) is 0. The van der Waals surface area contributed by atoms with E-state index in [9.17, 15) is 0 Å². The van der Waals surface area contributed by atoms with Gasteiger partial charge in [-0.05, 0) is 18.3 Å². The van der Waals surface area contributed by atoms with Crippen molar-refractivity contribution in [3.05, 3.63) is 24.3 Å². The molecule has 0 fully saturated rings. The van der Waals surface area contributed by atoms with Crippen molar-refractivity contribution in [1.29, 1.82) is 0 Å². The first-order valence-electron chi connectivity index (χ1n) is 3.77. The average Bonchev–Trinajstić information content (AvgIpc) is 2.60. The summed E-state index contributed by atoms with van der Waals surface area (Å²) < 4.78 is 0. The molecule has 0 atom stereocenters. The normalized spacial score (nSPS) is 28.7. The topological polar surface area (TPSA) is 0 Å². The van der Waals surface area contributed by atoms with Crippen LogP contribution in [0.5, 0.6) is 0 Å². The third-order valence-electron chi connectivity index (χ3n) is 1.76. The first-order valence-corrected chi connectivity index (χ1v) is 26.3. The first kappa shape index (κ1) is 20.2. The van der Waals surface area contributed by atoms with Gasteiger partial charge in [-0.15, -0.1) is 0 Å². The number of halogens is 8. The molecular formula is C7H8Cl8Pt2. The number of hydrogen-bond donors (Lipinski definition) is 0. The second-order valence-electron chi connectivity index (χ2n) is 3.06. The van der Waals surface area contributed by atoms with Gasteiger partial charge in [0.25, 0.3) is 0 Å². The number of hydrogen-bond acceptors (Lipinski definition) is 0. The molecule has 0 aromatic rings. The third-order valence-corrected chi connectivity index (χ3v) is 1.76. The summed E-state index contributed by atoms with van der Waals surface area (Å²) in [6.07, 6.45) is 10.5. The summed E-state index contributed by atoms with van der Waals surface area (Å²) in [5.41, 5.74) is 0. The predicted molar refractivity (Wildman–Crippen MR) is 76.7 cm³/mol. The van der Waals surface area contributed by atoms with Crippen molar-refractivity contribution in [3.63, 3.8) is 0 Å². The van der Waals surface area contributed by atoms with Crippen molar-refractivity contribution in [2.45, 2.75) is 6.42 Å². The van der Waals surface area contributed by atoms with Gasteiger partial charge in [-0.1, -0.05) is 24.3 Å². The van der Waals surface area contributed by atoms with Gasteiger partial charge in [-0.3, -0.25) is 0 Å². The van der Waals surface area contributed by atoms with Crippen LogP contribution in [0, 0.1) is 11.8 Å². The van der Waals surface area contributed by atoms with Gasteiger partial charge in [0, 0.05) is 0 Å². The molecule has 0 aromatic heterocycles. The maximum absolute atomic E-state index is 5.29. The van der Waals surface area contributed by atoms with Crippen LogP contribution in [0.1, 0.15) is 6.42 Å². The fraction of sp³-hybridized carbons (Fsp3) is 0.429. The van der Waals surface area contributed by atoms with Crippen LogP contribution in [0.4, 0.5) is 0 Å². The van der Waals surface area contributed by atoms with E-state index < -0.39 is 23.8 Å². The molecular weight excluding hydrogens is 758 g/mol. The van der Waals surface area contributed by atoms with Gasteiger partial charge < -0.3 is 0 Å². The van der Waals surface area contributed by atoms with Crippen LogP contribution in [-0.2, 0) is 23.8 Å². The molecule has 0 saturated heterocycles. The SMILES string of the molecule is C1=CC2C=CC1C2.[Cl][Pt]([Cl])([Cl])([Cl])([Cl])[Cl].[Cl][Pt][Cl]. The second-order valence-corrected chi connectivity index (χ2v) is 55.6. The summed E-state index contributed by atoms with van der Waals surface area (Å²) in [6.45, 7) is 0. The molecule has 0 unspecified atom stereocenters. The molecule has 0 radical (unpaired) electrons. The van der Waals surface area contributed by atoms with Crippen molar-refractivity contribution in [1.82, 2.24) is 0 Å². The van der Waals surface area contributed by atoms with E-state index in [1.54, 1.807) is 0 Å². The maximum atomic E-state index is 5.05. The molecule has 0 saturated carbocycles. The Balaban J connectivity index is 0.000000247. The van der Waals surface area contributed by atoms with Crippen LogP contribution in [-0.4, -0.2) is 0 Å². The van der Waals surface area contributed by atoms with Crippen LogP contribution in [0.15, 0.2) is 24.3 Å². The number of rotatable bonds is 0. The Morgan fingerprint density at radius 3 is 1.00 bits per heavy atom. The molecule has 112 valence electrons. The molecule has 10 heteroatoms. The summed E-state index contributed by atoms with van der Waals surface area (Å²) in [6, 6.07) is 0. The van der Waals surface area contributed by atoms with E-state index in [0.717, 1.165) is 11.8 Å². The van der Waals surface area contributed by atoms with Crippen LogP contribution in [0.25, 0.3) is 0 Å². The minimum atomic E-state index is -5.29. The van der Waals surface area contributed by atoms with Crippen LogP contribution < -0.4 is 0 Å². The molecule has 2 aliphatic rings. The molecule has 0 aliphatic heterocycles. The zero-order valence-corrected chi connectivity index (χ0v) is 18.4. The molecule has 2 rings (SSSR count). The van der Waals surface area contributed by atoms with Crippen LogP contribution in [0.2, 0.25) is 0 Å². The quantitative estimate of drug-likeness (QED) is 0.228. The average molecular weight is 766 g/mol. The van der Waals surface area contributed by atoms with Gasteiger partial charge in [-0.2, -0.15) is 0 Å². The fourth-order valence-electron chi connectivity index (χ4n) is 1.33. The molecule has 0 N–H and O–H groups in total. The Bertz CT molecular complexity index is 262. The van der Waals surface area contributed by atoms with Crippen molar-refractivity contribution < 1.29 is 23.8 Å². The summed E-state index contributed by atoms with van der Waals surface area (Å²) in [5.74, 6) is 1.62. The molecule has 0 heterocycles. The van der Waals surface area contributed by atoms with Gasteiger partial charge in [0.1, 0.15) is 0 Å². The Morgan fingerprint density at radius 2 is 0.941 bits per heavy atom. The standard InChI is InChI=1S/C7H8.8ClH.2Pt/c1-2-7-4-3-6(1)5-7;;;;;;;;;;/h1-4,6-7H,5H2;8*1H;;/q;;;;;;;;;+2;+6/p-8. The van der Waals surface area contributed by atoms with Gasteiger partial charge >= 0.3 is 99.1 Å². The van der Waals surface area contributed by atoms with E-state index in [1.807, 2.05) is 0 Å². The zero-order valence-electron chi connectivity index (χ0n) is 7.83. The molecule has 0 spiro atoms. The second kappa shape index (κ2) is 6.96. The zero-order chi connectivity index (χ0) is 13.8. The fourth-order valence-corrected chi connectivity index (χ4v) is 1.33. The van der Waals surface area contributed by atoms with E-state index in [4.69, 9.17) is 75.3 Å². The molecule has 2 aliphatic carbocycles. The van der Waals surface area contributed by atoms with Crippen LogP contribution >= 0.6 is 75.3 Å². The molecule has 2 bridgehead atoms. The Morgan fingerprint density at radius 1 is 0.765 bits per heavy atom. The monoisotopic (exact) mass is 762 g/mol. The van der Waals surface area contributed by atoms with E-state index in [-0.39, 0.29) is 0 Å². The first-order chi connectivity index (χ1) is 7.31. The van der Waals surface area contributed by atoms with Gasteiger partial charge in [-0.25, -0.2) is 0 Å². The van der Waals surface area contributed by atoms with Crippen molar-refractivity contribution in [2.75, 3.05) is 0 Å². The van der Waals surface area contributed by atoms with E-state index >= 15 is 0 Å². The van der Waals surface area contributed by atoms with E-state index in [2.05, 4.69) is 24.3 Å². The van der Waals surface area contributed by atoms with Crippen molar-refractivity contribution in [3.8, 4) is 0 Å². The summed E-state index contributed by atoms with van der Waals surface area (Å²) in [7, 11) is 34.8. The van der Waals surface area contributed by atoms with Crippen molar-refractivity contribution >= 4 is 75.3 Å². The number of fused-ring (bicyclic) bond motifs is 2. The minimum absolute atomic E-state index is 0.472. The molecule has 0 amide bonds. The van der Waals surface area contributed by atoms with Gasteiger partial charge in [0.15, 0.2) is 0 Å². The van der Waals surface area contributed by atoms with Gasteiger partial charge in [0.2, 0.25) is 0 Å². The summed E-state index contributed by atoms with van der Waals surface area (Å²) >= 11 is -0.472. The van der Waals surface area contributed by atoms with Crippen LogP contribution in [0.3, 0.4) is 0 Å². The molecule has 0 aromatic carbocycles. The van der Waals surface area contributed by atoms with E-state index in [1.165, 1.54) is 6.42 Å². The molecule has 17 heavy (non-hydrogen) atoms. The third kappa shape index (κ3) is 19.2. The molecule has 0 nitrogen and oxygen atoms in total. The van der Waals surface area contributed by atoms with Gasteiger partial charge in [0.05, 0.1) is 0 Å². The Hall–Kier alpha value is 3.18. The van der Waals surface area contributed by atoms with Crippen molar-refractivity contribution in [2.24, 2.45) is 11.8 Å².